The van der Waals surface area contributed by atoms with Crippen LogP contribution in [-0.4, -0.2) is 27.2 Å². The Hall–Kier alpha value is -2.30. The zero-order chi connectivity index (χ0) is 14.8. The molecule has 0 amide bonds. The first-order valence-electron chi connectivity index (χ1n) is 7.24. The molecule has 0 saturated heterocycles. The van der Waals surface area contributed by atoms with E-state index < -0.39 is 5.97 Å². The molecule has 0 saturated carbocycles. The number of nitrogens with zero attached hydrogens (tertiary/aromatic N) is 3. The number of aliphatic carboxylic acids is 1. The number of aryl methyl sites for hydroxylation is 1. The van der Waals surface area contributed by atoms with Crippen LogP contribution >= 0.6 is 0 Å². The van der Waals surface area contributed by atoms with E-state index in [-0.39, 0.29) is 5.92 Å². The van der Waals surface area contributed by atoms with E-state index in [1.807, 2.05) is 24.4 Å². The molecule has 2 heterocycles. The molecule has 1 aliphatic heterocycles. The summed E-state index contributed by atoms with van der Waals surface area (Å²) in [6, 6.07) is 8.05. The van der Waals surface area contributed by atoms with Crippen LogP contribution in [0.1, 0.15) is 18.3 Å². The molecule has 21 heavy (non-hydrogen) atoms. The highest BCUT2D eigenvalue weighted by atomic mass is 16.4. The van der Waals surface area contributed by atoms with Gasteiger partial charge in [-0.3, -0.25) is 4.79 Å². The lowest BCUT2D eigenvalue weighted by Gasteiger charge is -2.34. The van der Waals surface area contributed by atoms with Crippen molar-refractivity contribution in [2.45, 2.75) is 26.4 Å². The number of carboxylic acid groups (broad SMARTS) is 1. The van der Waals surface area contributed by atoms with Crippen LogP contribution in [0.25, 0.3) is 0 Å². The van der Waals surface area contributed by atoms with Crippen molar-refractivity contribution in [1.82, 2.24) is 9.55 Å². The van der Waals surface area contributed by atoms with Crippen molar-refractivity contribution in [1.29, 1.82) is 0 Å². The number of para-hydroxylation sites is 1. The van der Waals surface area contributed by atoms with Gasteiger partial charge in [-0.05, 0) is 25.0 Å². The Kier molecular flexibility index (Phi) is 3.64. The fraction of sp³-hybridized carbons (Fsp3) is 0.375. The number of carboxylic acids is 1. The van der Waals surface area contributed by atoms with Gasteiger partial charge in [-0.15, -0.1) is 0 Å². The molecule has 0 fully saturated rings. The van der Waals surface area contributed by atoms with Crippen molar-refractivity contribution < 1.29 is 9.90 Å². The first-order valence-corrected chi connectivity index (χ1v) is 7.24. The molecule has 0 aliphatic carbocycles. The molecule has 2 aromatic rings. The van der Waals surface area contributed by atoms with Gasteiger partial charge in [0.05, 0.1) is 12.5 Å². The molecular weight excluding hydrogens is 266 g/mol. The SMILES string of the molecule is CCn1ccnc1CN1CC(C(=O)O)Cc2ccccc21. The predicted molar refractivity (Wildman–Crippen MR) is 80.2 cm³/mol. The van der Waals surface area contributed by atoms with Crippen LogP contribution in [0.5, 0.6) is 0 Å². The van der Waals surface area contributed by atoms with E-state index >= 15 is 0 Å². The Balaban J connectivity index is 1.91. The Morgan fingerprint density at radius 1 is 1.43 bits per heavy atom. The van der Waals surface area contributed by atoms with Crippen molar-refractivity contribution in [3.05, 3.63) is 48.0 Å². The molecule has 1 atom stereocenters. The summed E-state index contributed by atoms with van der Waals surface area (Å²) < 4.78 is 2.09. The maximum absolute atomic E-state index is 11.4. The number of aromatic nitrogens is 2. The molecule has 1 aliphatic rings. The maximum Gasteiger partial charge on any atom is 0.308 e. The second kappa shape index (κ2) is 5.60. The Labute approximate surface area is 123 Å². The molecule has 3 rings (SSSR count). The lowest BCUT2D eigenvalue weighted by molar-refractivity contribution is -0.141. The van der Waals surface area contributed by atoms with E-state index in [4.69, 9.17) is 0 Å². The van der Waals surface area contributed by atoms with Crippen LogP contribution < -0.4 is 4.90 Å². The Bertz CT molecular complexity index is 650. The minimum absolute atomic E-state index is 0.357. The minimum Gasteiger partial charge on any atom is -0.481 e. The highest BCUT2D eigenvalue weighted by Crippen LogP contribution is 2.30. The number of rotatable bonds is 4. The van der Waals surface area contributed by atoms with Crippen molar-refractivity contribution in [2.24, 2.45) is 5.92 Å². The summed E-state index contributed by atoms with van der Waals surface area (Å²) in [5, 5.41) is 9.36. The Morgan fingerprint density at radius 2 is 2.24 bits per heavy atom. The van der Waals surface area contributed by atoms with Gasteiger partial charge in [-0.25, -0.2) is 4.98 Å². The normalized spacial score (nSPS) is 17.6. The summed E-state index contributed by atoms with van der Waals surface area (Å²) in [6.45, 7) is 4.12. The highest BCUT2D eigenvalue weighted by Gasteiger charge is 2.29. The van der Waals surface area contributed by atoms with Gasteiger partial charge < -0.3 is 14.6 Å². The third kappa shape index (κ3) is 2.63. The fourth-order valence-corrected chi connectivity index (χ4v) is 2.95. The smallest absolute Gasteiger partial charge is 0.308 e. The average molecular weight is 285 g/mol. The van der Waals surface area contributed by atoms with Gasteiger partial charge >= 0.3 is 5.97 Å². The van der Waals surface area contributed by atoms with Crippen LogP contribution in [0.15, 0.2) is 36.7 Å². The van der Waals surface area contributed by atoms with Crippen molar-refractivity contribution in [3.63, 3.8) is 0 Å². The van der Waals surface area contributed by atoms with Crippen LogP contribution in [0.2, 0.25) is 0 Å². The quantitative estimate of drug-likeness (QED) is 0.935. The number of fused-ring (bicyclic) bond motifs is 1. The zero-order valence-electron chi connectivity index (χ0n) is 12.1. The monoisotopic (exact) mass is 285 g/mol. The molecule has 0 spiro atoms. The maximum atomic E-state index is 11.4. The lowest BCUT2D eigenvalue weighted by Crippen LogP contribution is -2.39. The summed E-state index contributed by atoms with van der Waals surface area (Å²) in [5.74, 6) is -0.114. The largest absolute Gasteiger partial charge is 0.481 e. The van der Waals surface area contributed by atoms with Gasteiger partial charge in [-0.1, -0.05) is 18.2 Å². The summed E-state index contributed by atoms with van der Waals surface area (Å²) in [7, 11) is 0. The molecule has 5 nitrogen and oxygen atoms in total. The summed E-state index contributed by atoms with van der Waals surface area (Å²) in [6.07, 6.45) is 4.35. The number of hydrogen-bond donors (Lipinski definition) is 1. The van der Waals surface area contributed by atoms with E-state index in [1.54, 1.807) is 6.20 Å². The first-order chi connectivity index (χ1) is 10.2. The minimum atomic E-state index is -0.728. The zero-order valence-corrected chi connectivity index (χ0v) is 12.1. The molecule has 1 unspecified atom stereocenters. The lowest BCUT2D eigenvalue weighted by atomic mass is 9.92. The van der Waals surface area contributed by atoms with Crippen LogP contribution in [0.3, 0.4) is 0 Å². The average Bonchev–Trinajstić information content (AvgIpc) is 2.94. The van der Waals surface area contributed by atoms with Gasteiger partial charge in [0.1, 0.15) is 5.82 Å². The number of hydrogen-bond acceptors (Lipinski definition) is 3. The predicted octanol–water partition coefficient (Wildman–Crippen LogP) is 2.17. The molecular formula is C16H19N3O2. The molecule has 1 aromatic carbocycles. The van der Waals surface area contributed by atoms with Crippen molar-refractivity contribution >= 4 is 11.7 Å². The summed E-state index contributed by atoms with van der Waals surface area (Å²) in [4.78, 5) is 17.9. The standard InChI is InChI=1S/C16H19N3O2/c1-2-18-8-7-17-15(18)11-19-10-13(16(20)21)9-12-5-3-4-6-14(12)19/h3-8,13H,2,9-11H2,1H3,(H,20,21). The van der Waals surface area contributed by atoms with Gasteiger partial charge in [0, 0.05) is 31.2 Å². The second-order valence-electron chi connectivity index (χ2n) is 5.38. The van der Waals surface area contributed by atoms with Gasteiger partial charge in [0.2, 0.25) is 0 Å². The van der Waals surface area contributed by atoms with Crippen molar-refractivity contribution in [2.75, 3.05) is 11.4 Å². The van der Waals surface area contributed by atoms with E-state index in [9.17, 15) is 9.90 Å². The fourth-order valence-electron chi connectivity index (χ4n) is 2.95. The number of anilines is 1. The van der Waals surface area contributed by atoms with Gasteiger partial charge in [-0.2, -0.15) is 0 Å². The third-order valence-corrected chi connectivity index (χ3v) is 4.06. The van der Waals surface area contributed by atoms with Crippen LogP contribution in [0.4, 0.5) is 5.69 Å². The highest BCUT2D eigenvalue weighted by molar-refractivity contribution is 5.73. The molecule has 5 heteroatoms. The number of imidazole rings is 1. The van der Waals surface area contributed by atoms with Gasteiger partial charge in [0.15, 0.2) is 0 Å². The van der Waals surface area contributed by atoms with Gasteiger partial charge in [0.25, 0.3) is 0 Å². The van der Waals surface area contributed by atoms with Crippen molar-refractivity contribution in [3.8, 4) is 0 Å². The second-order valence-corrected chi connectivity index (χ2v) is 5.38. The number of benzene rings is 1. The van der Waals surface area contributed by atoms with Crippen LogP contribution in [-0.2, 0) is 24.3 Å². The topological polar surface area (TPSA) is 58.4 Å². The third-order valence-electron chi connectivity index (χ3n) is 4.06. The summed E-state index contributed by atoms with van der Waals surface area (Å²) in [5.41, 5.74) is 2.23. The first kappa shape index (κ1) is 13.7. The van der Waals surface area contributed by atoms with Crippen LogP contribution in [0, 0.1) is 5.92 Å². The molecule has 0 bridgehead atoms. The Morgan fingerprint density at radius 3 is 3.00 bits per heavy atom. The molecule has 110 valence electrons. The van der Waals surface area contributed by atoms with E-state index in [2.05, 4.69) is 27.4 Å². The van der Waals surface area contributed by atoms with E-state index in [0.29, 0.717) is 19.5 Å². The van der Waals surface area contributed by atoms with E-state index in [0.717, 1.165) is 23.6 Å². The molecule has 0 radical (unpaired) electrons. The summed E-state index contributed by atoms with van der Waals surface area (Å²) >= 11 is 0. The van der Waals surface area contributed by atoms with E-state index in [1.165, 1.54) is 0 Å². The number of carbonyl (C=O) groups is 1. The molecule has 1 aromatic heterocycles. The molecule has 1 N–H and O–H groups in total.